The minimum atomic E-state index is -0.195. The van der Waals surface area contributed by atoms with E-state index in [1.165, 1.54) is 0 Å². The molecule has 1 unspecified atom stereocenters. The number of carbonyl (C=O) groups is 2. The quantitative estimate of drug-likeness (QED) is 0.701. The number of carbonyl (C=O) groups excluding carboxylic acids is 2. The Labute approximate surface area is 159 Å². The number of rotatable bonds is 3. The number of Topliss-reactive ketones (excluding diaryl/α,β-unsaturated/α-hetero) is 1. The molecule has 1 saturated heterocycles. The van der Waals surface area contributed by atoms with Crippen LogP contribution in [0.3, 0.4) is 0 Å². The fourth-order valence-corrected chi connectivity index (χ4v) is 4.58. The average molecular weight is 382 g/mol. The molecule has 0 saturated carbocycles. The topological polar surface area (TPSA) is 71.6 Å². The summed E-state index contributed by atoms with van der Waals surface area (Å²) in [5, 5.41) is 2.00. The third-order valence-corrected chi connectivity index (χ3v) is 6.07. The van der Waals surface area contributed by atoms with E-state index in [-0.39, 0.29) is 24.4 Å². The van der Waals surface area contributed by atoms with E-state index in [1.807, 2.05) is 17.5 Å². The predicted molar refractivity (Wildman–Crippen MR) is 102 cm³/mol. The number of fused-ring (bicyclic) bond motifs is 2. The number of hydrogen-bond acceptors (Lipinski definition) is 5. The van der Waals surface area contributed by atoms with Crippen molar-refractivity contribution in [3.05, 3.63) is 47.0 Å². The van der Waals surface area contributed by atoms with E-state index >= 15 is 0 Å². The number of amides is 1. The Morgan fingerprint density at radius 1 is 1.15 bits per heavy atom. The Balaban J connectivity index is 1.33. The van der Waals surface area contributed by atoms with Crippen molar-refractivity contribution in [3.8, 4) is 11.5 Å². The van der Waals surface area contributed by atoms with Crippen LogP contribution in [0.4, 0.5) is 0 Å². The number of thiophene rings is 1. The highest BCUT2D eigenvalue weighted by atomic mass is 32.1. The van der Waals surface area contributed by atoms with Gasteiger partial charge in [0.05, 0.1) is 10.2 Å². The molecule has 0 bridgehead atoms. The molecule has 2 aliphatic heterocycles. The Kier molecular flexibility index (Phi) is 3.89. The van der Waals surface area contributed by atoms with Crippen molar-refractivity contribution >= 4 is 33.2 Å². The monoisotopic (exact) mass is 382 g/mol. The number of likely N-dealkylation sites (tertiary alicyclic amines) is 1. The van der Waals surface area contributed by atoms with Crippen molar-refractivity contribution in [3.63, 3.8) is 0 Å². The second-order valence-corrected chi connectivity index (χ2v) is 7.85. The van der Waals surface area contributed by atoms with Gasteiger partial charge in [-0.25, -0.2) is 0 Å². The Bertz CT molecular complexity index is 1010. The molecule has 3 aromatic rings. The zero-order valence-corrected chi connectivity index (χ0v) is 15.4. The van der Waals surface area contributed by atoms with Gasteiger partial charge < -0.3 is 19.4 Å². The first kappa shape index (κ1) is 16.4. The van der Waals surface area contributed by atoms with Crippen LogP contribution in [-0.2, 0) is 0 Å². The van der Waals surface area contributed by atoms with Crippen LogP contribution in [0.25, 0.3) is 10.2 Å². The van der Waals surface area contributed by atoms with Gasteiger partial charge in [0.2, 0.25) is 6.79 Å². The van der Waals surface area contributed by atoms with Gasteiger partial charge in [-0.2, -0.15) is 0 Å². The molecule has 2 aromatic heterocycles. The first-order valence-electron chi connectivity index (χ1n) is 8.98. The van der Waals surface area contributed by atoms with Gasteiger partial charge in [-0.1, -0.05) is 0 Å². The average Bonchev–Trinajstić information content (AvgIpc) is 3.41. The molecule has 27 heavy (non-hydrogen) atoms. The maximum Gasteiger partial charge on any atom is 0.270 e. The normalized spacial score (nSPS) is 18.8. The molecule has 0 aliphatic carbocycles. The molecule has 1 amide bonds. The third kappa shape index (κ3) is 2.88. The maximum atomic E-state index is 13.0. The van der Waals surface area contributed by atoms with E-state index < -0.39 is 0 Å². The van der Waals surface area contributed by atoms with E-state index in [1.54, 1.807) is 34.4 Å². The smallest absolute Gasteiger partial charge is 0.270 e. The summed E-state index contributed by atoms with van der Waals surface area (Å²) in [6.07, 6.45) is 1.61. The van der Waals surface area contributed by atoms with Crippen molar-refractivity contribution in [2.75, 3.05) is 19.9 Å². The van der Waals surface area contributed by atoms with Crippen molar-refractivity contribution in [2.45, 2.75) is 12.8 Å². The van der Waals surface area contributed by atoms with Crippen LogP contribution in [0.5, 0.6) is 11.5 Å². The molecule has 7 heteroatoms. The first-order valence-corrected chi connectivity index (χ1v) is 9.86. The van der Waals surface area contributed by atoms with E-state index in [9.17, 15) is 9.59 Å². The number of H-pyrrole nitrogens is 1. The van der Waals surface area contributed by atoms with Crippen LogP contribution >= 0.6 is 11.3 Å². The number of benzene rings is 1. The highest BCUT2D eigenvalue weighted by Gasteiger charge is 2.31. The van der Waals surface area contributed by atoms with Crippen molar-refractivity contribution in [1.82, 2.24) is 9.88 Å². The highest BCUT2D eigenvalue weighted by Crippen LogP contribution is 2.34. The molecule has 4 heterocycles. The van der Waals surface area contributed by atoms with Crippen LogP contribution in [0.2, 0.25) is 0 Å². The van der Waals surface area contributed by atoms with Crippen molar-refractivity contribution < 1.29 is 19.1 Å². The Morgan fingerprint density at radius 3 is 2.93 bits per heavy atom. The number of nitrogens with one attached hydrogen (secondary N) is 1. The van der Waals surface area contributed by atoms with Crippen LogP contribution in [-0.4, -0.2) is 41.5 Å². The SMILES string of the molecule is O=C(c1ccc2c(c1)OCO2)C1CCCN(C(=O)c2cc3sccc3[nH]2)C1. The lowest BCUT2D eigenvalue weighted by Crippen LogP contribution is -2.42. The predicted octanol–water partition coefficient (Wildman–Crippen LogP) is 3.69. The lowest BCUT2D eigenvalue weighted by atomic mass is 9.89. The number of aromatic nitrogens is 1. The Hall–Kier alpha value is -2.80. The summed E-state index contributed by atoms with van der Waals surface area (Å²) < 4.78 is 11.8. The lowest BCUT2D eigenvalue weighted by Gasteiger charge is -2.31. The summed E-state index contributed by atoms with van der Waals surface area (Å²) in [5.74, 6) is 1.09. The van der Waals surface area contributed by atoms with Gasteiger partial charge in [-0.05, 0) is 48.6 Å². The van der Waals surface area contributed by atoms with Gasteiger partial charge in [0.15, 0.2) is 17.3 Å². The van der Waals surface area contributed by atoms with Gasteiger partial charge in [-0.15, -0.1) is 11.3 Å². The van der Waals surface area contributed by atoms with Crippen LogP contribution in [0.15, 0.2) is 35.7 Å². The molecule has 1 aromatic carbocycles. The summed E-state index contributed by atoms with van der Waals surface area (Å²) >= 11 is 1.61. The minimum absolute atomic E-state index is 0.0402. The summed E-state index contributed by atoms with van der Waals surface area (Å²) in [4.78, 5) is 30.8. The van der Waals surface area contributed by atoms with Gasteiger partial charge in [0, 0.05) is 24.6 Å². The molecule has 1 atom stereocenters. The number of ether oxygens (including phenoxy) is 2. The molecule has 5 rings (SSSR count). The van der Waals surface area contributed by atoms with Crippen molar-refractivity contribution in [1.29, 1.82) is 0 Å². The van der Waals surface area contributed by atoms with Crippen molar-refractivity contribution in [2.24, 2.45) is 5.92 Å². The van der Waals surface area contributed by atoms with Crippen LogP contribution < -0.4 is 9.47 Å². The molecular weight excluding hydrogens is 364 g/mol. The number of piperidine rings is 1. The molecular formula is C20H18N2O4S. The zero-order valence-electron chi connectivity index (χ0n) is 14.6. The van der Waals surface area contributed by atoms with Gasteiger partial charge in [-0.3, -0.25) is 9.59 Å². The first-order chi connectivity index (χ1) is 13.2. The minimum Gasteiger partial charge on any atom is -0.454 e. The highest BCUT2D eigenvalue weighted by molar-refractivity contribution is 7.17. The van der Waals surface area contributed by atoms with E-state index in [0.717, 1.165) is 23.1 Å². The molecule has 2 aliphatic rings. The number of hydrogen-bond donors (Lipinski definition) is 1. The molecule has 1 fully saturated rings. The molecule has 6 nitrogen and oxygen atoms in total. The van der Waals surface area contributed by atoms with E-state index in [0.29, 0.717) is 35.8 Å². The van der Waals surface area contributed by atoms with Gasteiger partial charge >= 0.3 is 0 Å². The Morgan fingerprint density at radius 2 is 2.04 bits per heavy atom. The molecule has 138 valence electrons. The summed E-state index contributed by atoms with van der Waals surface area (Å²) in [5.41, 5.74) is 2.18. The summed E-state index contributed by atoms with van der Waals surface area (Å²) in [6.45, 7) is 1.31. The van der Waals surface area contributed by atoms with E-state index in [2.05, 4.69) is 4.98 Å². The molecule has 0 spiro atoms. The molecule has 0 radical (unpaired) electrons. The largest absolute Gasteiger partial charge is 0.454 e. The lowest BCUT2D eigenvalue weighted by molar-refractivity contribution is 0.0632. The van der Waals surface area contributed by atoms with E-state index in [4.69, 9.17) is 9.47 Å². The summed E-state index contributed by atoms with van der Waals surface area (Å²) in [6, 6.07) is 9.15. The van der Waals surface area contributed by atoms with Crippen LogP contribution in [0.1, 0.15) is 33.7 Å². The third-order valence-electron chi connectivity index (χ3n) is 5.21. The fourth-order valence-electron chi connectivity index (χ4n) is 3.79. The van der Waals surface area contributed by atoms with Gasteiger partial charge in [0.25, 0.3) is 5.91 Å². The number of ketones is 1. The van der Waals surface area contributed by atoms with Crippen LogP contribution in [0, 0.1) is 5.92 Å². The number of nitrogens with zero attached hydrogens (tertiary/aromatic N) is 1. The maximum absolute atomic E-state index is 13.0. The molecule has 1 N–H and O–H groups in total. The standard InChI is InChI=1S/C20H18N2O4S/c23-19(12-3-4-16-17(8-12)26-11-25-16)13-2-1-6-22(10-13)20(24)15-9-18-14(21-15)5-7-27-18/h3-5,7-9,13,21H,1-2,6,10-11H2. The fraction of sp³-hybridized carbons (Fsp3) is 0.300. The summed E-state index contributed by atoms with van der Waals surface area (Å²) in [7, 11) is 0. The second kappa shape index (κ2) is 6.42. The number of aromatic amines is 1. The zero-order chi connectivity index (χ0) is 18.4. The second-order valence-electron chi connectivity index (χ2n) is 6.90. The van der Waals surface area contributed by atoms with Gasteiger partial charge in [0.1, 0.15) is 5.69 Å².